The molecule has 1 heterocycles. The molecule has 5 rings (SSSR count). The van der Waals surface area contributed by atoms with E-state index >= 15 is 0 Å². The summed E-state index contributed by atoms with van der Waals surface area (Å²) in [5, 5.41) is 0. The Morgan fingerprint density at radius 2 is 1.29 bits per heavy atom. The van der Waals surface area contributed by atoms with E-state index in [0.29, 0.717) is 17.8 Å². The van der Waals surface area contributed by atoms with Gasteiger partial charge in [0.15, 0.2) is 11.0 Å². The van der Waals surface area contributed by atoms with Gasteiger partial charge in [-0.1, -0.05) is 111 Å². The predicted octanol–water partition coefficient (Wildman–Crippen LogP) is 10.8. The molecule has 0 radical (unpaired) electrons. The summed E-state index contributed by atoms with van der Waals surface area (Å²) in [6.45, 7) is 23.1. The Kier molecular flexibility index (Phi) is 7.96. The molecule has 218 valence electrons. The number of imidazole rings is 1. The molecule has 2 nitrogen and oxygen atoms in total. The number of aryl methyl sites for hydroxylation is 2. The van der Waals surface area contributed by atoms with Crippen molar-refractivity contribution >= 4 is 11.0 Å². The van der Waals surface area contributed by atoms with Crippen LogP contribution >= 0.6 is 0 Å². The van der Waals surface area contributed by atoms with Crippen molar-refractivity contribution in [1.29, 1.82) is 0 Å². The van der Waals surface area contributed by atoms with Crippen LogP contribution in [0, 0.1) is 6.92 Å². The van der Waals surface area contributed by atoms with Gasteiger partial charge in [-0.25, -0.2) is 4.57 Å². The predicted molar refractivity (Wildman–Crippen MR) is 181 cm³/mol. The molecule has 0 aliphatic heterocycles. The average Bonchev–Trinajstić information content (AvgIpc) is 3.23. The zero-order valence-electron chi connectivity index (χ0n) is 27.6. The van der Waals surface area contributed by atoms with Crippen LogP contribution < -0.4 is 4.57 Å². The van der Waals surface area contributed by atoms with E-state index in [-0.39, 0.29) is 5.41 Å². The maximum Gasteiger partial charge on any atom is 0.295 e. The second-order valence-corrected chi connectivity index (χ2v) is 14.1. The first-order valence-electron chi connectivity index (χ1n) is 15.7. The highest BCUT2D eigenvalue weighted by Gasteiger charge is 2.33. The van der Waals surface area contributed by atoms with Crippen LogP contribution in [0.5, 0.6) is 0 Å². The smallest absolute Gasteiger partial charge is 0.225 e. The highest BCUT2D eigenvalue weighted by Crippen LogP contribution is 2.38. The van der Waals surface area contributed by atoms with Crippen molar-refractivity contribution in [2.75, 3.05) is 0 Å². The van der Waals surface area contributed by atoms with E-state index in [1.54, 1.807) is 0 Å². The maximum atomic E-state index is 2.59. The third kappa shape index (κ3) is 5.33. The Balaban J connectivity index is 1.96. The molecule has 1 aromatic heterocycles. The van der Waals surface area contributed by atoms with Crippen molar-refractivity contribution in [3.63, 3.8) is 0 Å². The topological polar surface area (TPSA) is 8.81 Å². The molecule has 0 bridgehead atoms. The molecule has 0 N–H and O–H groups in total. The van der Waals surface area contributed by atoms with E-state index in [4.69, 9.17) is 0 Å². The molecule has 0 saturated carbocycles. The molecular formula is C40H49N2+. The van der Waals surface area contributed by atoms with Crippen LogP contribution in [0.15, 0.2) is 78.9 Å². The van der Waals surface area contributed by atoms with Crippen LogP contribution in [0.2, 0.25) is 0 Å². The van der Waals surface area contributed by atoms with Crippen molar-refractivity contribution in [2.24, 2.45) is 7.05 Å². The number of nitrogens with zero attached hydrogens (tertiary/aromatic N) is 2. The first-order chi connectivity index (χ1) is 19.8. The summed E-state index contributed by atoms with van der Waals surface area (Å²) in [5.41, 5.74) is 14.6. The Hall–Kier alpha value is -3.65. The van der Waals surface area contributed by atoms with E-state index in [9.17, 15) is 0 Å². The average molecular weight is 558 g/mol. The summed E-state index contributed by atoms with van der Waals surface area (Å²) in [4.78, 5) is 0. The lowest BCUT2D eigenvalue weighted by Crippen LogP contribution is -2.36. The molecule has 5 aromatic rings. The third-order valence-corrected chi connectivity index (χ3v) is 8.89. The lowest BCUT2D eigenvalue weighted by molar-refractivity contribution is -0.557. The molecule has 42 heavy (non-hydrogen) atoms. The Labute approximate surface area is 254 Å². The standard InChI is InChI=1S/C40H49N2/c1-25(2)30-18-20-36-37(23-30)41(11)39(35-24-32(40(8,9)10)19-17-28(35)7)42(36)38-33(26(3)4)21-31(22-34(38)27(5)6)29-15-13-12-14-16-29/h12-27H,1-11H3/q+1. The minimum absolute atomic E-state index is 0.0617. The van der Waals surface area contributed by atoms with Gasteiger partial charge in [0.2, 0.25) is 0 Å². The summed E-state index contributed by atoms with van der Waals surface area (Å²) in [7, 11) is 2.25. The number of rotatable bonds is 6. The highest BCUT2D eigenvalue weighted by molar-refractivity contribution is 5.80. The van der Waals surface area contributed by atoms with E-state index in [1.807, 2.05) is 0 Å². The number of aromatic nitrogens is 2. The van der Waals surface area contributed by atoms with E-state index < -0.39 is 0 Å². The molecule has 0 atom stereocenters. The number of benzene rings is 4. The quantitative estimate of drug-likeness (QED) is 0.184. The van der Waals surface area contributed by atoms with Gasteiger partial charge in [0.1, 0.15) is 5.69 Å². The zero-order valence-corrected chi connectivity index (χ0v) is 27.6. The Morgan fingerprint density at radius 3 is 1.83 bits per heavy atom. The number of fused-ring (bicyclic) bond motifs is 1. The highest BCUT2D eigenvalue weighted by atomic mass is 15.2. The van der Waals surface area contributed by atoms with Gasteiger partial charge in [0, 0.05) is 11.1 Å². The lowest BCUT2D eigenvalue weighted by atomic mass is 9.85. The van der Waals surface area contributed by atoms with E-state index in [2.05, 4.69) is 164 Å². The summed E-state index contributed by atoms with van der Waals surface area (Å²) in [5.74, 6) is 2.42. The van der Waals surface area contributed by atoms with Gasteiger partial charge in [-0.15, -0.1) is 0 Å². The minimum Gasteiger partial charge on any atom is -0.225 e. The minimum atomic E-state index is 0.0617. The van der Waals surface area contributed by atoms with Crippen LogP contribution in [0.4, 0.5) is 0 Å². The number of hydrogen-bond acceptors (Lipinski definition) is 0. The maximum absolute atomic E-state index is 2.59. The van der Waals surface area contributed by atoms with Gasteiger partial charge in [-0.3, -0.25) is 0 Å². The van der Waals surface area contributed by atoms with Gasteiger partial charge in [-0.2, -0.15) is 4.57 Å². The molecule has 0 amide bonds. The fraction of sp³-hybridized carbons (Fsp3) is 0.375. The molecule has 4 aromatic carbocycles. The molecule has 0 unspecified atom stereocenters. The molecule has 0 spiro atoms. The van der Waals surface area contributed by atoms with Gasteiger partial charge in [0.05, 0.1) is 12.6 Å². The fourth-order valence-electron chi connectivity index (χ4n) is 6.21. The largest absolute Gasteiger partial charge is 0.295 e. The second-order valence-electron chi connectivity index (χ2n) is 14.1. The summed E-state index contributed by atoms with van der Waals surface area (Å²) in [6.07, 6.45) is 0. The van der Waals surface area contributed by atoms with Crippen LogP contribution in [0.3, 0.4) is 0 Å². The molecule has 2 heteroatoms. The Bertz CT molecular complexity index is 1710. The normalized spacial score (nSPS) is 12.3. The summed E-state index contributed by atoms with van der Waals surface area (Å²) >= 11 is 0. The van der Waals surface area contributed by atoms with Crippen LogP contribution in [0.1, 0.15) is 108 Å². The molecule has 0 aliphatic rings. The van der Waals surface area contributed by atoms with Gasteiger partial charge >= 0.3 is 0 Å². The van der Waals surface area contributed by atoms with Crippen molar-refractivity contribution in [3.8, 4) is 28.2 Å². The van der Waals surface area contributed by atoms with Gasteiger partial charge in [-0.05, 0) is 88.2 Å². The van der Waals surface area contributed by atoms with Crippen molar-refractivity contribution in [1.82, 2.24) is 4.57 Å². The summed E-state index contributed by atoms with van der Waals surface area (Å²) in [6, 6.07) is 29.9. The van der Waals surface area contributed by atoms with E-state index in [1.165, 1.54) is 67.1 Å². The van der Waals surface area contributed by atoms with Crippen molar-refractivity contribution < 1.29 is 4.57 Å². The third-order valence-electron chi connectivity index (χ3n) is 8.89. The molecule has 0 saturated heterocycles. The van der Waals surface area contributed by atoms with Crippen molar-refractivity contribution in [2.45, 2.75) is 92.4 Å². The second kappa shape index (κ2) is 11.2. The Morgan fingerprint density at radius 1 is 0.667 bits per heavy atom. The van der Waals surface area contributed by atoms with Gasteiger partial charge < -0.3 is 0 Å². The zero-order chi connectivity index (χ0) is 30.5. The monoisotopic (exact) mass is 557 g/mol. The van der Waals surface area contributed by atoms with Crippen LogP contribution in [-0.4, -0.2) is 4.57 Å². The van der Waals surface area contributed by atoms with Gasteiger partial charge in [0.25, 0.3) is 5.82 Å². The fourth-order valence-corrected chi connectivity index (χ4v) is 6.21. The molecule has 0 fully saturated rings. The number of hydrogen-bond donors (Lipinski definition) is 0. The van der Waals surface area contributed by atoms with E-state index in [0.717, 1.165) is 0 Å². The van der Waals surface area contributed by atoms with Crippen LogP contribution in [-0.2, 0) is 12.5 Å². The molecule has 0 aliphatic carbocycles. The lowest BCUT2D eigenvalue weighted by Gasteiger charge is -2.22. The first-order valence-corrected chi connectivity index (χ1v) is 15.7. The van der Waals surface area contributed by atoms with Crippen molar-refractivity contribution in [3.05, 3.63) is 107 Å². The summed E-state index contributed by atoms with van der Waals surface area (Å²) < 4.78 is 5.03. The SMILES string of the molecule is Cc1ccc(C(C)(C)C)cc1-c1n(C)c2cc(C(C)C)ccc2[n+]1-c1c(C(C)C)cc(-c2ccccc2)cc1C(C)C. The molecular weight excluding hydrogens is 508 g/mol. The van der Waals surface area contributed by atoms with Crippen LogP contribution in [0.25, 0.3) is 39.2 Å². The first kappa shape index (κ1) is 29.8.